The summed E-state index contributed by atoms with van der Waals surface area (Å²) in [6.45, 7) is 0. The highest BCUT2D eigenvalue weighted by molar-refractivity contribution is 6.43. The summed E-state index contributed by atoms with van der Waals surface area (Å²) in [7, 11) is 0. The zero-order valence-electron chi connectivity index (χ0n) is 18.5. The number of ketones is 2. The van der Waals surface area contributed by atoms with Crippen LogP contribution in [-0.4, -0.2) is 23.4 Å². The van der Waals surface area contributed by atoms with Crippen LogP contribution in [0.25, 0.3) is 0 Å². The van der Waals surface area contributed by atoms with Crippen LogP contribution in [0.4, 0.5) is 11.4 Å². The van der Waals surface area contributed by atoms with Crippen molar-refractivity contribution in [2.45, 2.75) is 0 Å². The normalized spacial score (nSPS) is 11.9. The summed E-state index contributed by atoms with van der Waals surface area (Å²) in [5.74, 6) is -1.98. The lowest BCUT2D eigenvalue weighted by molar-refractivity contribution is 0.0977. The van der Waals surface area contributed by atoms with Crippen LogP contribution < -0.4 is 10.6 Å². The molecule has 0 atom stereocenters. The van der Waals surface area contributed by atoms with Crippen LogP contribution in [0.3, 0.4) is 0 Å². The quantitative estimate of drug-likeness (QED) is 0.295. The summed E-state index contributed by atoms with van der Waals surface area (Å²) in [4.78, 5) is 53.0. The van der Waals surface area contributed by atoms with E-state index < -0.39 is 23.4 Å². The van der Waals surface area contributed by atoms with Crippen LogP contribution in [0.2, 0.25) is 10.0 Å². The lowest BCUT2D eigenvalue weighted by Crippen LogP contribution is -2.26. The number of fused-ring (bicyclic) bond motifs is 2. The lowest BCUT2D eigenvalue weighted by atomic mass is 9.82. The molecule has 2 N–H and O–H groups in total. The van der Waals surface area contributed by atoms with E-state index in [0.717, 1.165) is 0 Å². The monoisotopic (exact) mass is 514 g/mol. The summed E-state index contributed by atoms with van der Waals surface area (Å²) < 4.78 is 0. The molecule has 0 saturated heterocycles. The standard InChI is InChI=1S/C28H16Cl2N2O4/c29-19-13-17-18(14-20(19)30)26(34)24-22(32-28(36)16-9-5-2-6-10-16)12-11-21(23(24)25(17)33)31-27(35)15-7-3-1-4-8-15/h1-14H,(H,31,35)(H,32,36). The summed E-state index contributed by atoms with van der Waals surface area (Å²) in [6.07, 6.45) is 0. The van der Waals surface area contributed by atoms with Crippen molar-refractivity contribution in [2.75, 3.05) is 10.6 Å². The van der Waals surface area contributed by atoms with Gasteiger partial charge in [-0.2, -0.15) is 0 Å². The number of hydrogen-bond acceptors (Lipinski definition) is 4. The highest BCUT2D eigenvalue weighted by Crippen LogP contribution is 2.39. The summed E-state index contributed by atoms with van der Waals surface area (Å²) in [6, 6.07) is 22.5. The van der Waals surface area contributed by atoms with Crippen molar-refractivity contribution in [3.63, 3.8) is 0 Å². The van der Waals surface area contributed by atoms with E-state index in [0.29, 0.717) is 11.1 Å². The van der Waals surface area contributed by atoms with E-state index in [1.54, 1.807) is 60.7 Å². The topological polar surface area (TPSA) is 92.3 Å². The van der Waals surface area contributed by atoms with Gasteiger partial charge in [-0.15, -0.1) is 0 Å². The number of hydrogen-bond donors (Lipinski definition) is 2. The van der Waals surface area contributed by atoms with Crippen molar-refractivity contribution < 1.29 is 19.2 Å². The second-order valence-corrected chi connectivity index (χ2v) is 8.84. The van der Waals surface area contributed by atoms with Crippen molar-refractivity contribution in [3.8, 4) is 0 Å². The zero-order valence-corrected chi connectivity index (χ0v) is 20.0. The van der Waals surface area contributed by atoms with Crippen molar-refractivity contribution in [2.24, 2.45) is 0 Å². The molecular weight excluding hydrogens is 499 g/mol. The highest BCUT2D eigenvalue weighted by Gasteiger charge is 2.35. The molecule has 1 aliphatic carbocycles. The Morgan fingerprint density at radius 2 is 0.917 bits per heavy atom. The third kappa shape index (κ3) is 4.17. The number of rotatable bonds is 4. The Morgan fingerprint density at radius 1 is 0.556 bits per heavy atom. The van der Waals surface area contributed by atoms with Crippen molar-refractivity contribution in [1.82, 2.24) is 0 Å². The maximum Gasteiger partial charge on any atom is 0.255 e. The molecule has 0 aromatic heterocycles. The minimum absolute atomic E-state index is 0.0407. The minimum atomic E-state index is -0.530. The van der Waals surface area contributed by atoms with Crippen LogP contribution >= 0.6 is 23.2 Å². The van der Waals surface area contributed by atoms with Gasteiger partial charge in [0.25, 0.3) is 11.8 Å². The zero-order chi connectivity index (χ0) is 25.4. The van der Waals surface area contributed by atoms with Gasteiger partial charge in [0, 0.05) is 22.3 Å². The molecular formula is C28H16Cl2N2O4. The number of anilines is 2. The molecule has 0 heterocycles. The summed E-state index contributed by atoms with van der Waals surface area (Å²) >= 11 is 12.3. The Bertz CT molecular complexity index is 1450. The molecule has 2 amide bonds. The fourth-order valence-electron chi connectivity index (χ4n) is 4.04. The van der Waals surface area contributed by atoms with E-state index in [-0.39, 0.29) is 43.7 Å². The van der Waals surface area contributed by atoms with Crippen LogP contribution in [0.1, 0.15) is 52.6 Å². The van der Waals surface area contributed by atoms with Crippen molar-refractivity contribution in [3.05, 3.63) is 128 Å². The Balaban J connectivity index is 1.64. The fourth-order valence-corrected chi connectivity index (χ4v) is 4.37. The molecule has 0 spiro atoms. The van der Waals surface area contributed by atoms with Gasteiger partial charge in [0.15, 0.2) is 11.6 Å². The smallest absolute Gasteiger partial charge is 0.255 e. The van der Waals surface area contributed by atoms with Crippen LogP contribution in [0.5, 0.6) is 0 Å². The fraction of sp³-hybridized carbons (Fsp3) is 0. The molecule has 4 aromatic rings. The molecule has 4 aromatic carbocycles. The minimum Gasteiger partial charge on any atom is -0.321 e. The number of amides is 2. The van der Waals surface area contributed by atoms with Gasteiger partial charge in [-0.25, -0.2) is 0 Å². The average molecular weight is 515 g/mol. The predicted molar refractivity (Wildman–Crippen MR) is 139 cm³/mol. The second-order valence-electron chi connectivity index (χ2n) is 8.02. The molecule has 0 unspecified atom stereocenters. The Labute approximate surface area is 215 Å². The average Bonchev–Trinajstić information content (AvgIpc) is 2.90. The molecule has 8 heteroatoms. The number of carbonyl (C=O) groups excluding carboxylic acids is 4. The molecule has 0 aliphatic heterocycles. The first-order valence-corrected chi connectivity index (χ1v) is 11.6. The van der Waals surface area contributed by atoms with Gasteiger partial charge in [0.05, 0.1) is 32.5 Å². The third-order valence-electron chi connectivity index (χ3n) is 5.78. The number of halogens is 2. The van der Waals surface area contributed by atoms with Crippen molar-refractivity contribution >= 4 is 58.0 Å². The second kappa shape index (κ2) is 9.41. The third-order valence-corrected chi connectivity index (χ3v) is 6.50. The van der Waals surface area contributed by atoms with Gasteiger partial charge < -0.3 is 10.6 Å². The molecule has 5 rings (SSSR count). The number of nitrogens with one attached hydrogen (secondary N) is 2. The number of benzene rings is 4. The van der Waals surface area contributed by atoms with Crippen LogP contribution in [0, 0.1) is 0 Å². The van der Waals surface area contributed by atoms with Gasteiger partial charge in [-0.1, -0.05) is 59.6 Å². The van der Waals surface area contributed by atoms with Gasteiger partial charge in [-0.05, 0) is 48.5 Å². The van der Waals surface area contributed by atoms with Crippen LogP contribution in [-0.2, 0) is 0 Å². The van der Waals surface area contributed by atoms with Gasteiger partial charge in [0.2, 0.25) is 0 Å². The molecule has 0 radical (unpaired) electrons. The van der Waals surface area contributed by atoms with E-state index in [4.69, 9.17) is 23.2 Å². The maximum atomic E-state index is 13.6. The van der Waals surface area contributed by atoms with Gasteiger partial charge in [-0.3, -0.25) is 19.2 Å². The number of carbonyl (C=O) groups is 4. The first-order valence-electron chi connectivity index (χ1n) is 10.8. The van der Waals surface area contributed by atoms with E-state index >= 15 is 0 Å². The maximum absolute atomic E-state index is 13.6. The first kappa shape index (κ1) is 23.5. The van der Waals surface area contributed by atoms with E-state index in [2.05, 4.69) is 10.6 Å². The van der Waals surface area contributed by atoms with Gasteiger partial charge >= 0.3 is 0 Å². The lowest BCUT2D eigenvalue weighted by Gasteiger charge is -2.24. The van der Waals surface area contributed by atoms with E-state index in [9.17, 15) is 19.2 Å². The largest absolute Gasteiger partial charge is 0.321 e. The Morgan fingerprint density at radius 3 is 1.28 bits per heavy atom. The Kier molecular flexibility index (Phi) is 6.14. The van der Waals surface area contributed by atoms with Gasteiger partial charge in [0.1, 0.15) is 0 Å². The molecule has 36 heavy (non-hydrogen) atoms. The highest BCUT2D eigenvalue weighted by atomic mass is 35.5. The SMILES string of the molecule is O=C(Nc1ccc(NC(=O)c2ccccc2)c2c1C(=O)c1cc(Cl)c(Cl)cc1C2=O)c1ccccc1. The summed E-state index contributed by atoms with van der Waals surface area (Å²) in [5.41, 5.74) is 1.04. The Hall–Kier alpha value is -4.26. The predicted octanol–water partition coefficient (Wildman–Crippen LogP) is 6.27. The molecule has 1 aliphatic rings. The first-order chi connectivity index (χ1) is 17.3. The van der Waals surface area contributed by atoms with Crippen molar-refractivity contribution in [1.29, 1.82) is 0 Å². The molecule has 0 saturated carbocycles. The molecule has 0 bridgehead atoms. The molecule has 6 nitrogen and oxygen atoms in total. The molecule has 176 valence electrons. The van der Waals surface area contributed by atoms with E-state index in [1.165, 1.54) is 24.3 Å². The molecule has 0 fully saturated rings. The van der Waals surface area contributed by atoms with E-state index in [1.807, 2.05) is 0 Å². The van der Waals surface area contributed by atoms with Crippen LogP contribution in [0.15, 0.2) is 84.9 Å². The summed E-state index contributed by atoms with van der Waals surface area (Å²) in [5, 5.41) is 5.67.